The molecular formula is C21H24FN7O3S. The minimum absolute atomic E-state index is 0.0158. The summed E-state index contributed by atoms with van der Waals surface area (Å²) in [4.78, 5) is 8.05. The van der Waals surface area contributed by atoms with Gasteiger partial charge >= 0.3 is 0 Å². The Bertz CT molecular complexity index is 1260. The van der Waals surface area contributed by atoms with Gasteiger partial charge in [-0.15, -0.1) is 0 Å². The minimum atomic E-state index is -3.86. The van der Waals surface area contributed by atoms with Gasteiger partial charge in [-0.1, -0.05) is 6.07 Å². The summed E-state index contributed by atoms with van der Waals surface area (Å²) in [5.74, 6) is -0.547. The van der Waals surface area contributed by atoms with Crippen LogP contribution in [-0.4, -0.2) is 38.6 Å². The molecule has 0 spiro atoms. The van der Waals surface area contributed by atoms with Gasteiger partial charge in [-0.2, -0.15) is 4.98 Å². The van der Waals surface area contributed by atoms with Gasteiger partial charge in [0.2, 0.25) is 16.0 Å². The Balaban J connectivity index is 1.49. The molecule has 0 radical (unpaired) electrons. The number of fused-ring (bicyclic) bond motifs is 1. The summed E-state index contributed by atoms with van der Waals surface area (Å²) in [6, 6.07) is 11.6. The van der Waals surface area contributed by atoms with E-state index in [0.29, 0.717) is 24.5 Å². The van der Waals surface area contributed by atoms with E-state index in [9.17, 15) is 12.8 Å². The lowest BCUT2D eigenvalue weighted by Gasteiger charge is -2.19. The molecule has 174 valence electrons. The Kier molecular flexibility index (Phi) is 6.70. The molecule has 0 atom stereocenters. The van der Waals surface area contributed by atoms with Crippen LogP contribution in [0.1, 0.15) is 12.0 Å². The molecule has 0 unspecified atom stereocenters. The zero-order chi connectivity index (χ0) is 23.4. The van der Waals surface area contributed by atoms with Crippen molar-refractivity contribution < 1.29 is 17.5 Å². The van der Waals surface area contributed by atoms with E-state index in [1.165, 1.54) is 18.2 Å². The zero-order valence-corrected chi connectivity index (χ0v) is 18.7. The Morgan fingerprint density at radius 2 is 2.03 bits per heavy atom. The number of hydrazine groups is 1. The molecule has 4 rings (SSSR count). The van der Waals surface area contributed by atoms with E-state index in [0.717, 1.165) is 30.4 Å². The highest BCUT2D eigenvalue weighted by atomic mass is 32.2. The van der Waals surface area contributed by atoms with E-state index in [4.69, 9.17) is 9.88 Å². The number of rotatable bonds is 9. The first-order valence-corrected chi connectivity index (χ1v) is 11.7. The number of nitrogens with one attached hydrogen (secondary N) is 3. The first-order valence-electron chi connectivity index (χ1n) is 10.2. The minimum Gasteiger partial charge on any atom is -0.385 e. The summed E-state index contributed by atoms with van der Waals surface area (Å²) in [6.07, 6.45) is 1.93. The average Bonchev–Trinajstić information content (AvgIpc) is 3.18. The number of nitrogens with two attached hydrogens (primary N) is 1. The smallest absolute Gasteiger partial charge is 0.238 e. The molecule has 5 N–H and O–H groups in total. The van der Waals surface area contributed by atoms with Crippen molar-refractivity contribution in [3.8, 4) is 0 Å². The van der Waals surface area contributed by atoms with Crippen LogP contribution in [0.5, 0.6) is 0 Å². The van der Waals surface area contributed by atoms with E-state index in [1.807, 2.05) is 18.2 Å². The van der Waals surface area contributed by atoms with Gasteiger partial charge in [-0.3, -0.25) is 0 Å². The van der Waals surface area contributed by atoms with E-state index in [1.54, 1.807) is 13.2 Å². The number of nitrogens with zero attached hydrogens (tertiary/aromatic N) is 3. The lowest BCUT2D eigenvalue weighted by molar-refractivity contribution is 0.195. The van der Waals surface area contributed by atoms with Crippen LogP contribution in [0, 0.1) is 5.82 Å². The summed E-state index contributed by atoms with van der Waals surface area (Å²) in [5, 5.41) is 13.1. The van der Waals surface area contributed by atoms with Crippen LogP contribution in [0.25, 0.3) is 0 Å². The molecule has 2 aromatic carbocycles. The fourth-order valence-electron chi connectivity index (χ4n) is 3.43. The molecule has 12 heteroatoms. The van der Waals surface area contributed by atoms with Crippen LogP contribution in [-0.2, 0) is 21.3 Å². The van der Waals surface area contributed by atoms with Crippen LogP contribution in [0.3, 0.4) is 0 Å². The Labute approximate surface area is 191 Å². The quantitative estimate of drug-likeness (QED) is 0.346. The number of halogens is 1. The van der Waals surface area contributed by atoms with Crippen molar-refractivity contribution >= 4 is 38.9 Å². The van der Waals surface area contributed by atoms with Crippen LogP contribution < -0.4 is 26.2 Å². The molecule has 1 aliphatic heterocycles. The van der Waals surface area contributed by atoms with Crippen molar-refractivity contribution in [1.29, 1.82) is 0 Å². The van der Waals surface area contributed by atoms with Gasteiger partial charge in [0, 0.05) is 38.2 Å². The van der Waals surface area contributed by atoms with E-state index in [-0.39, 0.29) is 16.7 Å². The van der Waals surface area contributed by atoms with E-state index < -0.39 is 15.8 Å². The molecule has 0 bridgehead atoms. The summed E-state index contributed by atoms with van der Waals surface area (Å²) in [6.45, 7) is 2.16. The SMILES string of the molecule is COCCCN1NCc2cc(Nc3nc(Nc4cccc(S(N)(=O)=O)c4)ncc3F)ccc21. The standard InChI is InChI=1S/C21H24FN7O3S/c1-32-9-3-8-29-19-7-6-16(10-14(19)12-25-29)26-20-18(22)13-24-21(28-20)27-15-4-2-5-17(11-15)33(23,30)31/h2,4-7,10-11,13,25H,3,8-9,12H2,1H3,(H2,23,30,31)(H2,24,26,27,28). The largest absolute Gasteiger partial charge is 0.385 e. The number of anilines is 5. The predicted octanol–water partition coefficient (Wildman–Crippen LogP) is 2.61. The molecule has 1 aliphatic rings. The highest BCUT2D eigenvalue weighted by molar-refractivity contribution is 7.89. The van der Waals surface area contributed by atoms with Crippen molar-refractivity contribution in [3.63, 3.8) is 0 Å². The Morgan fingerprint density at radius 1 is 1.21 bits per heavy atom. The summed E-state index contributed by atoms with van der Waals surface area (Å²) in [5.41, 5.74) is 6.54. The number of benzene rings is 2. The molecule has 3 aromatic rings. The first-order chi connectivity index (χ1) is 15.8. The second-order valence-corrected chi connectivity index (χ2v) is 8.95. The summed E-state index contributed by atoms with van der Waals surface area (Å²) >= 11 is 0. The molecule has 0 fully saturated rings. The van der Waals surface area contributed by atoms with Crippen molar-refractivity contribution in [2.45, 2.75) is 17.9 Å². The van der Waals surface area contributed by atoms with Gasteiger partial charge in [0.15, 0.2) is 11.6 Å². The predicted molar refractivity (Wildman–Crippen MR) is 123 cm³/mol. The van der Waals surface area contributed by atoms with Gasteiger partial charge in [0.1, 0.15) is 0 Å². The maximum atomic E-state index is 14.4. The lowest BCUT2D eigenvalue weighted by Crippen LogP contribution is -2.33. The number of sulfonamides is 1. The Morgan fingerprint density at radius 3 is 2.82 bits per heavy atom. The highest BCUT2D eigenvalue weighted by Gasteiger charge is 2.19. The van der Waals surface area contributed by atoms with Gasteiger partial charge in [0.25, 0.3) is 0 Å². The van der Waals surface area contributed by atoms with E-state index in [2.05, 4.69) is 31.0 Å². The van der Waals surface area contributed by atoms with Crippen molar-refractivity contribution in [2.24, 2.45) is 5.14 Å². The van der Waals surface area contributed by atoms with Crippen LogP contribution in [0.2, 0.25) is 0 Å². The van der Waals surface area contributed by atoms with Crippen LogP contribution in [0.4, 0.5) is 33.2 Å². The molecule has 0 saturated carbocycles. The monoisotopic (exact) mass is 473 g/mol. The molecule has 2 heterocycles. The maximum absolute atomic E-state index is 14.4. The fraction of sp³-hybridized carbons (Fsp3) is 0.238. The Hall–Kier alpha value is -3.32. The topological polar surface area (TPSA) is 134 Å². The van der Waals surface area contributed by atoms with Crippen molar-refractivity contribution in [1.82, 2.24) is 15.4 Å². The highest BCUT2D eigenvalue weighted by Crippen LogP contribution is 2.30. The number of hydrogen-bond donors (Lipinski definition) is 4. The van der Waals surface area contributed by atoms with Crippen LogP contribution >= 0.6 is 0 Å². The zero-order valence-electron chi connectivity index (χ0n) is 17.9. The third-order valence-corrected chi connectivity index (χ3v) is 5.90. The normalized spacial score (nSPS) is 13.1. The van der Waals surface area contributed by atoms with Gasteiger partial charge < -0.3 is 20.4 Å². The third-order valence-electron chi connectivity index (χ3n) is 4.99. The van der Waals surface area contributed by atoms with Crippen molar-refractivity contribution in [3.05, 3.63) is 60.0 Å². The van der Waals surface area contributed by atoms with Gasteiger partial charge in [-0.25, -0.2) is 28.4 Å². The lowest BCUT2D eigenvalue weighted by atomic mass is 10.1. The average molecular weight is 474 g/mol. The number of aromatic nitrogens is 2. The fourth-order valence-corrected chi connectivity index (χ4v) is 3.99. The molecule has 0 amide bonds. The summed E-state index contributed by atoms with van der Waals surface area (Å²) < 4.78 is 42.6. The second-order valence-electron chi connectivity index (χ2n) is 7.39. The van der Waals surface area contributed by atoms with Crippen molar-refractivity contribution in [2.75, 3.05) is 35.9 Å². The maximum Gasteiger partial charge on any atom is 0.238 e. The third kappa shape index (κ3) is 5.54. The number of primary sulfonamides is 1. The molecular weight excluding hydrogens is 449 g/mol. The number of hydrogen-bond acceptors (Lipinski definition) is 9. The van der Waals surface area contributed by atoms with Gasteiger partial charge in [0.05, 0.1) is 16.8 Å². The second kappa shape index (κ2) is 9.67. The molecule has 0 saturated heterocycles. The molecule has 0 aliphatic carbocycles. The van der Waals surface area contributed by atoms with Crippen LogP contribution in [0.15, 0.2) is 53.6 Å². The summed E-state index contributed by atoms with van der Waals surface area (Å²) in [7, 11) is -2.18. The van der Waals surface area contributed by atoms with E-state index >= 15 is 0 Å². The molecule has 1 aromatic heterocycles. The number of ether oxygens (including phenoxy) is 1. The molecule has 33 heavy (non-hydrogen) atoms. The number of methoxy groups -OCH3 is 1. The molecule has 10 nitrogen and oxygen atoms in total. The first kappa shape index (κ1) is 22.9. The van der Waals surface area contributed by atoms with Gasteiger partial charge in [-0.05, 0) is 48.4 Å².